The van der Waals surface area contributed by atoms with E-state index in [4.69, 9.17) is 9.47 Å². The van der Waals surface area contributed by atoms with Gasteiger partial charge in [-0.3, -0.25) is 9.59 Å². The van der Waals surface area contributed by atoms with E-state index in [0.717, 1.165) is 28.3 Å². The van der Waals surface area contributed by atoms with Gasteiger partial charge in [-0.05, 0) is 44.3 Å². The number of hydrogen-bond donors (Lipinski definition) is 0. The Bertz CT molecular complexity index is 902. The molecule has 0 spiro atoms. The normalized spacial score (nSPS) is 16.9. The Morgan fingerprint density at radius 2 is 1.97 bits per heavy atom. The number of benzene rings is 1. The fourth-order valence-corrected chi connectivity index (χ4v) is 4.37. The van der Waals surface area contributed by atoms with Crippen LogP contribution in [0.3, 0.4) is 0 Å². The van der Waals surface area contributed by atoms with Crippen LogP contribution in [0.25, 0.3) is 0 Å². The number of methoxy groups -OCH3 is 1. The highest BCUT2D eigenvalue weighted by Crippen LogP contribution is 2.45. The largest absolute Gasteiger partial charge is 0.501 e. The molecule has 6 nitrogen and oxygen atoms in total. The van der Waals surface area contributed by atoms with E-state index in [0.29, 0.717) is 24.4 Å². The van der Waals surface area contributed by atoms with Gasteiger partial charge in [0, 0.05) is 31.3 Å². The van der Waals surface area contributed by atoms with Gasteiger partial charge in [0.25, 0.3) is 5.91 Å². The topological polar surface area (TPSA) is 59.1 Å². The zero-order valence-corrected chi connectivity index (χ0v) is 18.0. The van der Waals surface area contributed by atoms with Crippen molar-refractivity contribution in [3.63, 3.8) is 0 Å². The minimum atomic E-state index is -0.505. The van der Waals surface area contributed by atoms with Gasteiger partial charge in [-0.2, -0.15) is 0 Å². The summed E-state index contributed by atoms with van der Waals surface area (Å²) < 4.78 is 10.8. The SMILES string of the molecule is COC1=CC=C(C2=C(OC(C)=O)C(=O)N(CCN(C)C)c3ccccc3S2)CC1. The number of carbonyl (C=O) groups is 2. The number of allylic oxidation sites excluding steroid dienone is 4. The van der Waals surface area contributed by atoms with Crippen molar-refractivity contribution < 1.29 is 19.1 Å². The Hall–Kier alpha value is -2.51. The van der Waals surface area contributed by atoms with Crippen molar-refractivity contribution in [1.29, 1.82) is 0 Å². The van der Waals surface area contributed by atoms with E-state index in [1.807, 2.05) is 55.4 Å². The average Bonchev–Trinajstić information content (AvgIpc) is 2.81. The van der Waals surface area contributed by atoms with Gasteiger partial charge in [0.1, 0.15) is 0 Å². The maximum atomic E-state index is 13.5. The molecule has 1 aromatic carbocycles. The molecular weight excluding hydrogens is 388 g/mol. The second-order valence-electron chi connectivity index (χ2n) is 7.11. The summed E-state index contributed by atoms with van der Waals surface area (Å²) in [5, 5.41) is 0. The quantitative estimate of drug-likeness (QED) is 0.662. The van der Waals surface area contributed by atoms with E-state index in [1.54, 1.807) is 12.0 Å². The maximum absolute atomic E-state index is 13.5. The molecule has 0 fully saturated rings. The lowest BCUT2D eigenvalue weighted by molar-refractivity contribution is -0.140. The maximum Gasteiger partial charge on any atom is 0.308 e. The van der Waals surface area contributed by atoms with Gasteiger partial charge in [0.15, 0.2) is 0 Å². The summed E-state index contributed by atoms with van der Waals surface area (Å²) in [5.74, 6) is 0.186. The highest BCUT2D eigenvalue weighted by Gasteiger charge is 2.33. The van der Waals surface area contributed by atoms with Crippen LogP contribution < -0.4 is 4.90 Å². The number of thioether (sulfide) groups is 1. The van der Waals surface area contributed by atoms with Crippen molar-refractivity contribution in [2.45, 2.75) is 24.7 Å². The molecular formula is C22H26N2O4S. The highest BCUT2D eigenvalue weighted by molar-refractivity contribution is 8.03. The zero-order valence-electron chi connectivity index (χ0n) is 17.2. The lowest BCUT2D eigenvalue weighted by Crippen LogP contribution is -2.38. The molecule has 0 atom stereocenters. The first kappa shape index (κ1) is 21.2. The highest BCUT2D eigenvalue weighted by atomic mass is 32.2. The Kier molecular flexibility index (Phi) is 6.82. The fourth-order valence-electron chi connectivity index (χ4n) is 3.20. The molecule has 1 aromatic rings. The summed E-state index contributed by atoms with van der Waals surface area (Å²) >= 11 is 1.47. The smallest absolute Gasteiger partial charge is 0.308 e. The summed E-state index contributed by atoms with van der Waals surface area (Å²) in [6.07, 6.45) is 5.29. The van der Waals surface area contributed by atoms with Crippen LogP contribution in [0.2, 0.25) is 0 Å². The van der Waals surface area contributed by atoms with Crippen molar-refractivity contribution in [3.8, 4) is 0 Å². The van der Waals surface area contributed by atoms with Crippen molar-refractivity contribution in [3.05, 3.63) is 58.4 Å². The van der Waals surface area contributed by atoms with Crippen LogP contribution in [-0.2, 0) is 19.1 Å². The van der Waals surface area contributed by atoms with Crippen molar-refractivity contribution in [2.24, 2.45) is 0 Å². The average molecular weight is 415 g/mol. The van der Waals surface area contributed by atoms with E-state index >= 15 is 0 Å². The first-order valence-electron chi connectivity index (χ1n) is 9.51. The molecule has 0 saturated carbocycles. The lowest BCUT2D eigenvalue weighted by Gasteiger charge is -2.25. The number of carbonyl (C=O) groups excluding carboxylic acids is 2. The molecule has 1 aliphatic carbocycles. The third-order valence-corrected chi connectivity index (χ3v) is 5.91. The van der Waals surface area contributed by atoms with Crippen molar-refractivity contribution in [1.82, 2.24) is 4.90 Å². The van der Waals surface area contributed by atoms with Gasteiger partial charge in [-0.1, -0.05) is 30.0 Å². The van der Waals surface area contributed by atoms with E-state index in [2.05, 4.69) is 0 Å². The number of hydrogen-bond acceptors (Lipinski definition) is 6. The van der Waals surface area contributed by atoms with E-state index in [9.17, 15) is 9.59 Å². The number of fused-ring (bicyclic) bond motifs is 1. The van der Waals surface area contributed by atoms with Crippen LogP contribution in [0, 0.1) is 0 Å². The number of esters is 1. The van der Waals surface area contributed by atoms with Crippen molar-refractivity contribution in [2.75, 3.05) is 39.2 Å². The molecule has 1 heterocycles. The molecule has 29 heavy (non-hydrogen) atoms. The van der Waals surface area contributed by atoms with Crippen LogP contribution in [0.5, 0.6) is 0 Å². The molecule has 0 bridgehead atoms. The molecule has 2 aliphatic rings. The third-order valence-electron chi connectivity index (χ3n) is 4.70. The van der Waals surface area contributed by atoms with E-state index < -0.39 is 5.97 Å². The second-order valence-corrected chi connectivity index (χ2v) is 8.16. The molecule has 1 aliphatic heterocycles. The Morgan fingerprint density at radius 1 is 1.21 bits per heavy atom. The summed E-state index contributed by atoms with van der Waals surface area (Å²) in [6, 6.07) is 7.79. The summed E-state index contributed by atoms with van der Waals surface area (Å²) in [5.41, 5.74) is 1.79. The number of nitrogens with zero attached hydrogens (tertiary/aromatic N) is 2. The molecule has 3 rings (SSSR count). The van der Waals surface area contributed by atoms with Crippen LogP contribution in [0.1, 0.15) is 19.8 Å². The minimum Gasteiger partial charge on any atom is -0.501 e. The molecule has 0 radical (unpaired) electrons. The summed E-state index contributed by atoms with van der Waals surface area (Å²) in [7, 11) is 5.57. The Morgan fingerprint density at radius 3 is 2.59 bits per heavy atom. The minimum absolute atomic E-state index is 0.0953. The Labute approximate surface area is 175 Å². The predicted molar refractivity (Wildman–Crippen MR) is 114 cm³/mol. The van der Waals surface area contributed by atoms with Gasteiger partial charge in [0.2, 0.25) is 5.76 Å². The van der Waals surface area contributed by atoms with Gasteiger partial charge >= 0.3 is 5.97 Å². The third kappa shape index (κ3) is 4.92. The number of para-hydroxylation sites is 1. The number of rotatable bonds is 6. The van der Waals surface area contributed by atoms with E-state index in [-0.39, 0.29) is 11.7 Å². The molecule has 0 saturated heterocycles. The van der Waals surface area contributed by atoms with Gasteiger partial charge < -0.3 is 19.3 Å². The van der Waals surface area contributed by atoms with Gasteiger partial charge in [-0.15, -0.1) is 0 Å². The van der Waals surface area contributed by atoms with Gasteiger partial charge in [0.05, 0.1) is 23.5 Å². The molecule has 1 amide bonds. The first-order valence-corrected chi connectivity index (χ1v) is 10.3. The predicted octanol–water partition coefficient (Wildman–Crippen LogP) is 3.71. The number of likely N-dealkylation sites (N-methyl/N-ethyl adjacent to an activating group) is 1. The lowest BCUT2D eigenvalue weighted by atomic mass is 10.0. The molecule has 0 aromatic heterocycles. The molecule has 7 heteroatoms. The number of anilines is 1. The van der Waals surface area contributed by atoms with Crippen LogP contribution in [0.4, 0.5) is 5.69 Å². The monoisotopic (exact) mass is 414 g/mol. The van der Waals surface area contributed by atoms with Crippen molar-refractivity contribution >= 4 is 29.3 Å². The standard InChI is InChI=1S/C22H26N2O4S/c1-15(25)28-20-21(16-9-11-17(27-4)12-10-16)29-19-8-6-5-7-18(19)24(22(20)26)14-13-23(2)3/h5-9,11H,10,12-14H2,1-4H3. The van der Waals surface area contributed by atoms with E-state index in [1.165, 1.54) is 18.7 Å². The molecule has 154 valence electrons. The van der Waals surface area contributed by atoms with Crippen LogP contribution in [-0.4, -0.2) is 51.1 Å². The second kappa shape index (κ2) is 9.33. The fraction of sp³-hybridized carbons (Fsp3) is 0.364. The number of ether oxygens (including phenoxy) is 2. The Balaban J connectivity index is 2.11. The molecule has 0 N–H and O–H groups in total. The van der Waals surface area contributed by atoms with Crippen LogP contribution in [0.15, 0.2) is 63.3 Å². The molecule has 0 unspecified atom stereocenters. The zero-order chi connectivity index (χ0) is 21.0. The first-order chi connectivity index (χ1) is 13.9. The number of amides is 1. The summed E-state index contributed by atoms with van der Waals surface area (Å²) in [4.78, 5) is 30.7. The van der Waals surface area contributed by atoms with Gasteiger partial charge in [-0.25, -0.2) is 0 Å². The van der Waals surface area contributed by atoms with Crippen LogP contribution >= 0.6 is 11.8 Å². The summed E-state index contributed by atoms with van der Waals surface area (Å²) in [6.45, 7) is 2.51.